The van der Waals surface area contributed by atoms with Crippen LogP contribution < -0.4 is 29.0 Å². The molecule has 1 unspecified atom stereocenters. The molecule has 78 valence electrons. The molecule has 0 fully saturated rings. The van der Waals surface area contributed by atoms with Crippen LogP contribution in [0.4, 0.5) is 13.2 Å². The molecule has 13 heavy (non-hydrogen) atoms. The summed E-state index contributed by atoms with van der Waals surface area (Å²) in [7, 11) is 1.80. The second-order valence-electron chi connectivity index (χ2n) is 2.82. The van der Waals surface area contributed by atoms with Crippen molar-refractivity contribution in [3.05, 3.63) is 0 Å². The number of nitrogens with zero attached hydrogens (tertiary/aromatic N) is 2. The molecule has 0 aromatic rings. The van der Waals surface area contributed by atoms with Gasteiger partial charge in [-0.05, 0) is 0 Å². The molecule has 7 heteroatoms. The van der Waals surface area contributed by atoms with Crippen molar-refractivity contribution in [3.63, 3.8) is 0 Å². The summed E-state index contributed by atoms with van der Waals surface area (Å²) in [6, 6.07) is 0. The largest absolute Gasteiger partial charge is 1.00 e. The molecule has 0 saturated heterocycles. The summed E-state index contributed by atoms with van der Waals surface area (Å²) in [5.74, 6) is 0. The van der Waals surface area contributed by atoms with Crippen molar-refractivity contribution in [1.82, 2.24) is 4.90 Å². The highest BCUT2D eigenvalue weighted by Crippen LogP contribution is 2.19. The van der Waals surface area contributed by atoms with Gasteiger partial charge in [-0.25, -0.2) is 0 Å². The van der Waals surface area contributed by atoms with Crippen LogP contribution in [-0.2, 0) is 0 Å². The Hall–Kier alpha value is -0.0500. The van der Waals surface area contributed by atoms with Crippen LogP contribution >= 0.6 is 0 Å². The van der Waals surface area contributed by atoms with E-state index in [0.29, 0.717) is 6.67 Å². The predicted molar refractivity (Wildman–Crippen MR) is 37.6 cm³/mol. The fourth-order valence-corrected chi connectivity index (χ4v) is 0.963. The van der Waals surface area contributed by atoms with Gasteiger partial charge in [0, 0.05) is 6.54 Å². The van der Waals surface area contributed by atoms with Gasteiger partial charge in [0.15, 0.2) is 13.0 Å². The molecular weight excluding hydrogens is 298 g/mol. The van der Waals surface area contributed by atoms with E-state index in [1.54, 1.807) is 11.9 Å². The maximum absolute atomic E-state index is 11.7. The molecule has 1 rings (SSSR count). The summed E-state index contributed by atoms with van der Waals surface area (Å²) in [5.41, 5.74) is 0. The minimum absolute atomic E-state index is 0. The molecule has 1 N–H and O–H groups in total. The van der Waals surface area contributed by atoms with Crippen LogP contribution in [0.2, 0.25) is 0 Å². The van der Waals surface area contributed by atoms with Crippen molar-refractivity contribution in [3.8, 4) is 0 Å². The van der Waals surface area contributed by atoms with Gasteiger partial charge in [-0.15, -0.1) is 0 Å². The van der Waals surface area contributed by atoms with Crippen LogP contribution in [0.3, 0.4) is 0 Å². The fraction of sp³-hybridized carbons (Fsp3) is 0.833. The lowest BCUT2D eigenvalue weighted by Gasteiger charge is -2.13. The first kappa shape index (κ1) is 12.9. The summed E-state index contributed by atoms with van der Waals surface area (Å²) in [6.07, 6.45) is -3.38. The number of hydrogen-bond donors (Lipinski definition) is 1. The molecule has 1 heterocycles. The van der Waals surface area contributed by atoms with E-state index in [0.717, 1.165) is 5.01 Å². The van der Waals surface area contributed by atoms with Gasteiger partial charge in [0.25, 0.3) is 0 Å². The Morgan fingerprint density at radius 3 is 2.54 bits per heavy atom. The average molecular weight is 309 g/mol. The molecule has 1 aliphatic rings. The Kier molecular flexibility index (Phi) is 4.97. The highest BCUT2D eigenvalue weighted by Gasteiger charge is 2.28. The van der Waals surface area contributed by atoms with Crippen molar-refractivity contribution < 1.29 is 42.2 Å². The Morgan fingerprint density at radius 1 is 1.54 bits per heavy atom. The lowest BCUT2D eigenvalue weighted by molar-refractivity contribution is -0.887. The second-order valence-corrected chi connectivity index (χ2v) is 2.82. The Bertz CT molecular complexity index is 182. The molecule has 3 nitrogen and oxygen atoms in total. The molecule has 0 aliphatic carbocycles. The van der Waals surface area contributed by atoms with Gasteiger partial charge in [0.1, 0.15) is 0 Å². The van der Waals surface area contributed by atoms with Gasteiger partial charge < -0.3 is 28.9 Å². The molecule has 0 aromatic heterocycles. The normalized spacial score (nSPS) is 21.8. The minimum Gasteiger partial charge on any atom is -1.00 e. The van der Waals surface area contributed by atoms with E-state index in [2.05, 4.69) is 5.10 Å². The monoisotopic (exact) mass is 309 g/mol. The molecule has 0 saturated carbocycles. The van der Waals surface area contributed by atoms with Crippen LogP contribution in [-0.4, -0.2) is 37.7 Å². The molecular formula is C6H11F3IN3. The standard InChI is InChI=1S/C6H10F3N3.HI/c1-11-5-12(4-10-11)3-2-6(7,8)9;/h4H,2-3,5H2,1H3;1H. The quantitative estimate of drug-likeness (QED) is 0.529. The van der Waals surface area contributed by atoms with Crippen LogP contribution in [0.5, 0.6) is 0 Å². The first-order valence-electron chi connectivity index (χ1n) is 3.65. The molecule has 0 bridgehead atoms. The Balaban J connectivity index is 0.00000144. The van der Waals surface area contributed by atoms with Crippen LogP contribution in [0, 0.1) is 0 Å². The topological polar surface area (TPSA) is 20.0 Å². The zero-order chi connectivity index (χ0) is 9.19. The molecule has 0 aromatic carbocycles. The van der Waals surface area contributed by atoms with Crippen LogP contribution in [0.15, 0.2) is 5.10 Å². The summed E-state index contributed by atoms with van der Waals surface area (Å²) in [5, 5.41) is 4.73. The SMILES string of the molecule is C[NH+]1CN(CCC(F)(F)F)C=N1.[I-]. The minimum atomic E-state index is -4.07. The highest BCUT2D eigenvalue weighted by molar-refractivity contribution is 5.54. The van der Waals surface area contributed by atoms with Crippen molar-refractivity contribution in [1.29, 1.82) is 0 Å². The van der Waals surface area contributed by atoms with Gasteiger partial charge in [0.05, 0.1) is 13.5 Å². The lowest BCUT2D eigenvalue weighted by Crippen LogP contribution is -3.03. The molecule has 0 radical (unpaired) electrons. The average Bonchev–Trinajstić information content (AvgIpc) is 2.30. The molecule has 1 aliphatic heterocycles. The van der Waals surface area contributed by atoms with Gasteiger partial charge in [-0.2, -0.15) is 18.2 Å². The third-order valence-electron chi connectivity index (χ3n) is 1.56. The maximum Gasteiger partial charge on any atom is 0.390 e. The number of alkyl halides is 3. The first-order valence-corrected chi connectivity index (χ1v) is 3.65. The lowest BCUT2D eigenvalue weighted by atomic mass is 10.4. The number of quaternary nitrogens is 1. The number of halogens is 4. The maximum atomic E-state index is 11.7. The van der Waals surface area contributed by atoms with Gasteiger partial charge >= 0.3 is 6.18 Å². The van der Waals surface area contributed by atoms with Crippen molar-refractivity contribution in [2.45, 2.75) is 12.6 Å². The van der Waals surface area contributed by atoms with Crippen LogP contribution in [0.1, 0.15) is 6.42 Å². The predicted octanol–water partition coefficient (Wildman–Crippen LogP) is -3.33. The van der Waals surface area contributed by atoms with Gasteiger partial charge in [-0.1, -0.05) is 5.10 Å². The van der Waals surface area contributed by atoms with Crippen molar-refractivity contribution in [2.75, 3.05) is 20.3 Å². The van der Waals surface area contributed by atoms with Gasteiger partial charge in [0.2, 0.25) is 0 Å². The van der Waals surface area contributed by atoms with E-state index < -0.39 is 12.6 Å². The Labute approximate surface area is 91.6 Å². The molecule has 0 amide bonds. The summed E-state index contributed by atoms with van der Waals surface area (Å²) >= 11 is 0. The first-order chi connectivity index (χ1) is 5.47. The fourth-order valence-electron chi connectivity index (χ4n) is 0.963. The zero-order valence-electron chi connectivity index (χ0n) is 7.10. The number of nitrogens with one attached hydrogen (secondary N) is 1. The van der Waals surface area contributed by atoms with Crippen molar-refractivity contribution >= 4 is 6.34 Å². The summed E-state index contributed by atoms with van der Waals surface area (Å²) in [6.45, 7) is 0.528. The highest BCUT2D eigenvalue weighted by atomic mass is 127. The molecule has 0 spiro atoms. The van der Waals surface area contributed by atoms with Crippen LogP contribution in [0.25, 0.3) is 0 Å². The van der Waals surface area contributed by atoms with Gasteiger partial charge in [-0.3, -0.25) is 0 Å². The third-order valence-corrected chi connectivity index (χ3v) is 1.56. The smallest absolute Gasteiger partial charge is 0.390 e. The van der Waals surface area contributed by atoms with E-state index in [-0.39, 0.29) is 30.5 Å². The van der Waals surface area contributed by atoms with E-state index >= 15 is 0 Å². The molecule has 1 atom stereocenters. The number of rotatable bonds is 2. The Morgan fingerprint density at radius 2 is 2.15 bits per heavy atom. The van der Waals surface area contributed by atoms with E-state index in [1.807, 2.05) is 0 Å². The zero-order valence-corrected chi connectivity index (χ0v) is 9.26. The van der Waals surface area contributed by atoms with E-state index in [9.17, 15) is 13.2 Å². The van der Waals surface area contributed by atoms with E-state index in [4.69, 9.17) is 0 Å². The number of hydrogen-bond acceptors (Lipinski definition) is 2. The summed E-state index contributed by atoms with van der Waals surface area (Å²) in [4.78, 5) is 1.56. The second kappa shape index (κ2) is 4.99. The van der Waals surface area contributed by atoms with Crippen molar-refractivity contribution in [2.24, 2.45) is 5.10 Å². The third kappa shape index (κ3) is 5.29. The van der Waals surface area contributed by atoms with E-state index in [1.165, 1.54) is 6.34 Å². The summed E-state index contributed by atoms with van der Waals surface area (Å²) < 4.78 is 35.2.